The zero-order valence-corrected chi connectivity index (χ0v) is 10.9. The van der Waals surface area contributed by atoms with Crippen molar-refractivity contribution in [1.29, 1.82) is 0 Å². The smallest absolute Gasteiger partial charge is 0.255 e. The highest BCUT2D eigenvalue weighted by Gasteiger charge is 2.09. The highest BCUT2D eigenvalue weighted by atomic mass is 35.5. The van der Waals surface area contributed by atoms with Crippen LogP contribution < -0.4 is 5.32 Å². The van der Waals surface area contributed by atoms with Crippen LogP contribution in [0.3, 0.4) is 0 Å². The molecule has 3 rings (SSSR count). The Morgan fingerprint density at radius 3 is 2.90 bits per heavy atom. The maximum Gasteiger partial charge on any atom is 0.255 e. The molecule has 0 aliphatic rings. The van der Waals surface area contributed by atoms with E-state index in [1.165, 1.54) is 18.2 Å². The highest BCUT2D eigenvalue weighted by Crippen LogP contribution is 2.19. The van der Waals surface area contributed by atoms with Crippen LogP contribution >= 0.6 is 11.6 Å². The van der Waals surface area contributed by atoms with Crippen molar-refractivity contribution in [2.45, 2.75) is 0 Å². The Labute approximate surface area is 118 Å². The van der Waals surface area contributed by atoms with Crippen molar-refractivity contribution in [3.8, 4) is 0 Å². The van der Waals surface area contributed by atoms with E-state index in [9.17, 15) is 9.18 Å². The van der Waals surface area contributed by atoms with Gasteiger partial charge in [0.05, 0.1) is 17.4 Å². The SMILES string of the molecule is O=C(Nc1cc(F)cc(Cl)c1)c1ccc2nc[nH]c2c1. The molecule has 2 N–H and O–H groups in total. The number of imidazole rings is 1. The molecule has 0 saturated carbocycles. The molecule has 1 aromatic heterocycles. The highest BCUT2D eigenvalue weighted by molar-refractivity contribution is 6.31. The summed E-state index contributed by atoms with van der Waals surface area (Å²) in [5.74, 6) is -0.847. The lowest BCUT2D eigenvalue weighted by Gasteiger charge is -2.06. The lowest BCUT2D eigenvalue weighted by atomic mass is 10.2. The molecule has 100 valence electrons. The molecule has 0 bridgehead atoms. The van der Waals surface area contributed by atoms with Gasteiger partial charge in [0.2, 0.25) is 0 Å². The standard InChI is InChI=1S/C14H9ClFN3O/c15-9-4-10(16)6-11(5-9)19-14(20)8-1-2-12-13(3-8)18-7-17-12/h1-7H,(H,17,18)(H,19,20). The number of aromatic nitrogens is 2. The second-order valence-electron chi connectivity index (χ2n) is 4.25. The van der Waals surface area contributed by atoms with Gasteiger partial charge in [-0.3, -0.25) is 4.79 Å². The summed E-state index contributed by atoms with van der Waals surface area (Å²) >= 11 is 5.74. The quantitative estimate of drug-likeness (QED) is 0.757. The first-order valence-electron chi connectivity index (χ1n) is 5.82. The first-order chi connectivity index (χ1) is 9.61. The third-order valence-electron chi connectivity index (χ3n) is 2.80. The van der Waals surface area contributed by atoms with Crippen molar-refractivity contribution in [2.24, 2.45) is 0 Å². The summed E-state index contributed by atoms with van der Waals surface area (Å²) in [6.07, 6.45) is 1.55. The predicted octanol–water partition coefficient (Wildman–Crippen LogP) is 3.61. The normalized spacial score (nSPS) is 10.7. The number of nitrogens with one attached hydrogen (secondary N) is 2. The Bertz CT molecular complexity index is 780. The van der Waals surface area contributed by atoms with Gasteiger partial charge in [-0.1, -0.05) is 11.6 Å². The average molecular weight is 290 g/mol. The summed E-state index contributed by atoms with van der Waals surface area (Å²) in [5, 5.41) is 2.83. The molecular weight excluding hydrogens is 281 g/mol. The van der Waals surface area contributed by atoms with E-state index in [1.54, 1.807) is 24.5 Å². The van der Waals surface area contributed by atoms with Crippen molar-refractivity contribution in [3.63, 3.8) is 0 Å². The van der Waals surface area contributed by atoms with Gasteiger partial charge in [-0.15, -0.1) is 0 Å². The van der Waals surface area contributed by atoms with Crippen LogP contribution in [0.15, 0.2) is 42.7 Å². The van der Waals surface area contributed by atoms with Gasteiger partial charge in [0.25, 0.3) is 5.91 Å². The second-order valence-corrected chi connectivity index (χ2v) is 4.68. The van der Waals surface area contributed by atoms with E-state index in [0.717, 1.165) is 11.0 Å². The van der Waals surface area contributed by atoms with Crippen LogP contribution in [0.5, 0.6) is 0 Å². The zero-order chi connectivity index (χ0) is 14.1. The van der Waals surface area contributed by atoms with E-state index in [2.05, 4.69) is 15.3 Å². The fraction of sp³-hybridized carbons (Fsp3) is 0. The fourth-order valence-electron chi connectivity index (χ4n) is 1.91. The van der Waals surface area contributed by atoms with Gasteiger partial charge in [0.15, 0.2) is 0 Å². The van der Waals surface area contributed by atoms with Crippen molar-refractivity contribution in [1.82, 2.24) is 9.97 Å². The number of H-pyrrole nitrogens is 1. The molecule has 0 radical (unpaired) electrons. The van der Waals surface area contributed by atoms with Crippen molar-refractivity contribution >= 4 is 34.2 Å². The number of carbonyl (C=O) groups excluding carboxylic acids is 1. The van der Waals surface area contributed by atoms with Crippen LogP contribution in [-0.4, -0.2) is 15.9 Å². The number of fused-ring (bicyclic) bond motifs is 1. The fourth-order valence-corrected chi connectivity index (χ4v) is 2.13. The van der Waals surface area contributed by atoms with Gasteiger partial charge in [0, 0.05) is 16.3 Å². The minimum atomic E-state index is -0.503. The molecule has 0 spiro atoms. The van der Waals surface area contributed by atoms with Crippen LogP contribution in [0.1, 0.15) is 10.4 Å². The van der Waals surface area contributed by atoms with E-state index >= 15 is 0 Å². The van der Waals surface area contributed by atoms with Gasteiger partial charge in [-0.05, 0) is 36.4 Å². The van der Waals surface area contributed by atoms with Crippen LogP contribution in [0.25, 0.3) is 11.0 Å². The molecule has 3 aromatic rings. The number of anilines is 1. The predicted molar refractivity (Wildman–Crippen MR) is 75.5 cm³/mol. The number of carbonyl (C=O) groups is 1. The van der Waals surface area contributed by atoms with Crippen LogP contribution in [0.2, 0.25) is 5.02 Å². The minimum Gasteiger partial charge on any atom is -0.345 e. The van der Waals surface area contributed by atoms with Crippen LogP contribution in [0, 0.1) is 5.82 Å². The van der Waals surface area contributed by atoms with Gasteiger partial charge < -0.3 is 10.3 Å². The third kappa shape index (κ3) is 2.48. The number of rotatable bonds is 2. The molecule has 1 amide bonds. The molecule has 0 aliphatic heterocycles. The lowest BCUT2D eigenvalue weighted by Crippen LogP contribution is -2.11. The average Bonchev–Trinajstić information content (AvgIpc) is 2.84. The largest absolute Gasteiger partial charge is 0.345 e. The summed E-state index contributed by atoms with van der Waals surface area (Å²) in [6, 6.07) is 8.93. The third-order valence-corrected chi connectivity index (χ3v) is 3.02. The molecule has 0 aliphatic carbocycles. The van der Waals surface area contributed by atoms with Gasteiger partial charge in [0.1, 0.15) is 5.82 Å². The van der Waals surface area contributed by atoms with Crippen molar-refractivity contribution in [2.75, 3.05) is 5.32 Å². The van der Waals surface area contributed by atoms with Gasteiger partial charge >= 0.3 is 0 Å². The number of nitrogens with zero attached hydrogens (tertiary/aromatic N) is 1. The first kappa shape index (κ1) is 12.6. The van der Waals surface area contributed by atoms with Crippen LogP contribution in [-0.2, 0) is 0 Å². The Morgan fingerprint density at radius 2 is 2.10 bits per heavy atom. The Balaban J connectivity index is 1.88. The molecule has 0 saturated heterocycles. The molecule has 20 heavy (non-hydrogen) atoms. The number of aromatic amines is 1. The number of hydrogen-bond acceptors (Lipinski definition) is 2. The molecule has 2 aromatic carbocycles. The molecule has 0 fully saturated rings. The van der Waals surface area contributed by atoms with E-state index in [0.29, 0.717) is 11.3 Å². The van der Waals surface area contributed by atoms with E-state index in [-0.39, 0.29) is 10.9 Å². The monoisotopic (exact) mass is 289 g/mol. The number of amides is 1. The van der Waals surface area contributed by atoms with E-state index < -0.39 is 5.82 Å². The molecular formula is C14H9ClFN3O. The molecule has 0 atom stereocenters. The lowest BCUT2D eigenvalue weighted by molar-refractivity contribution is 0.102. The Morgan fingerprint density at radius 1 is 1.25 bits per heavy atom. The van der Waals surface area contributed by atoms with Gasteiger partial charge in [-0.2, -0.15) is 0 Å². The summed E-state index contributed by atoms with van der Waals surface area (Å²) in [5.41, 5.74) is 2.29. The first-order valence-corrected chi connectivity index (χ1v) is 6.20. The van der Waals surface area contributed by atoms with Crippen molar-refractivity contribution < 1.29 is 9.18 Å². The second kappa shape index (κ2) is 4.94. The van der Waals surface area contributed by atoms with E-state index in [4.69, 9.17) is 11.6 Å². The minimum absolute atomic E-state index is 0.226. The molecule has 0 unspecified atom stereocenters. The van der Waals surface area contributed by atoms with Crippen molar-refractivity contribution in [3.05, 3.63) is 59.1 Å². The number of halogens is 2. The maximum absolute atomic E-state index is 13.2. The summed E-state index contributed by atoms with van der Waals surface area (Å²) in [7, 11) is 0. The zero-order valence-electron chi connectivity index (χ0n) is 10.2. The maximum atomic E-state index is 13.2. The molecule has 1 heterocycles. The molecule has 6 heteroatoms. The number of hydrogen-bond donors (Lipinski definition) is 2. The summed E-state index contributed by atoms with van der Waals surface area (Å²) in [6.45, 7) is 0. The summed E-state index contributed by atoms with van der Waals surface area (Å²) < 4.78 is 13.2. The Hall–Kier alpha value is -2.40. The van der Waals surface area contributed by atoms with Gasteiger partial charge in [-0.25, -0.2) is 9.37 Å². The van der Waals surface area contributed by atoms with Crippen LogP contribution in [0.4, 0.5) is 10.1 Å². The summed E-state index contributed by atoms with van der Waals surface area (Å²) in [4.78, 5) is 19.1. The Kier molecular flexibility index (Phi) is 3.12. The topological polar surface area (TPSA) is 57.8 Å². The van der Waals surface area contributed by atoms with E-state index in [1.807, 2.05) is 0 Å². The molecule has 4 nitrogen and oxygen atoms in total. The number of benzene rings is 2.